The highest BCUT2D eigenvalue weighted by molar-refractivity contribution is 5.89. The molecule has 0 amide bonds. The first kappa shape index (κ1) is 17.7. The van der Waals surface area contributed by atoms with Gasteiger partial charge in [0.05, 0.1) is 23.6 Å². The van der Waals surface area contributed by atoms with Gasteiger partial charge in [-0.2, -0.15) is 5.10 Å². The Kier molecular flexibility index (Phi) is 5.04. The fourth-order valence-corrected chi connectivity index (χ4v) is 2.59. The van der Waals surface area contributed by atoms with E-state index in [0.29, 0.717) is 22.6 Å². The summed E-state index contributed by atoms with van der Waals surface area (Å²) < 4.78 is 25.0. The molecule has 3 rings (SSSR count). The van der Waals surface area contributed by atoms with Gasteiger partial charge in [-0.15, -0.1) is 10.2 Å². The van der Waals surface area contributed by atoms with Gasteiger partial charge >= 0.3 is 5.97 Å². The van der Waals surface area contributed by atoms with Gasteiger partial charge in [0.1, 0.15) is 12.4 Å². The topological polar surface area (TPSA) is 78.6 Å². The van der Waals surface area contributed by atoms with Gasteiger partial charge < -0.3 is 9.47 Å². The quantitative estimate of drug-likeness (QED) is 0.499. The number of fused-ring (bicyclic) bond motifs is 1. The molecule has 0 saturated carbocycles. The summed E-state index contributed by atoms with van der Waals surface area (Å²) in [5, 5.41) is 12.6. The second kappa shape index (κ2) is 7.40. The van der Waals surface area contributed by atoms with Crippen LogP contribution in [0.1, 0.15) is 21.9 Å². The predicted molar refractivity (Wildman–Crippen MR) is 92.1 cm³/mol. The predicted octanol–water partition coefficient (Wildman–Crippen LogP) is 2.73. The Morgan fingerprint density at radius 3 is 2.69 bits per heavy atom. The van der Waals surface area contributed by atoms with Crippen LogP contribution in [0.25, 0.3) is 16.8 Å². The average molecular weight is 356 g/mol. The number of ether oxygens (including phenoxy) is 2. The van der Waals surface area contributed by atoms with Crippen molar-refractivity contribution < 1.29 is 18.7 Å². The lowest BCUT2D eigenvalue weighted by Gasteiger charge is -2.06. The summed E-state index contributed by atoms with van der Waals surface area (Å²) in [6, 6.07) is 5.98. The lowest BCUT2D eigenvalue weighted by molar-refractivity contribution is 0.0539. The number of methoxy groups -OCH3 is 1. The second-order valence-corrected chi connectivity index (χ2v) is 5.52. The molecule has 7 nitrogen and oxygen atoms in total. The van der Waals surface area contributed by atoms with E-state index in [2.05, 4.69) is 21.9 Å². The number of halogens is 1. The maximum absolute atomic E-state index is 13.3. The van der Waals surface area contributed by atoms with E-state index >= 15 is 0 Å². The highest BCUT2D eigenvalue weighted by Gasteiger charge is 2.22. The summed E-state index contributed by atoms with van der Waals surface area (Å²) in [4.78, 5) is 12.1. The number of rotatable bonds is 6. The molecule has 0 bridgehead atoms. The zero-order chi connectivity index (χ0) is 18.7. The Bertz CT molecular complexity index is 967. The van der Waals surface area contributed by atoms with Crippen molar-refractivity contribution in [3.63, 3.8) is 0 Å². The zero-order valence-corrected chi connectivity index (χ0v) is 14.4. The molecule has 0 unspecified atom stereocenters. The van der Waals surface area contributed by atoms with Crippen LogP contribution in [-0.2, 0) is 16.1 Å². The molecule has 0 atom stereocenters. The summed E-state index contributed by atoms with van der Waals surface area (Å²) in [5.41, 5.74) is 3.00. The number of carbonyl (C=O) groups is 1. The van der Waals surface area contributed by atoms with Crippen LogP contribution in [0.15, 0.2) is 36.9 Å². The van der Waals surface area contributed by atoms with Crippen molar-refractivity contribution in [2.75, 3.05) is 13.7 Å². The van der Waals surface area contributed by atoms with E-state index in [4.69, 9.17) is 9.47 Å². The SMILES string of the molecule is C=CCOC(=O)c1nnc2c(-c3ccc(F)cc3)c(COC)nn2c1C. The van der Waals surface area contributed by atoms with Crippen LogP contribution < -0.4 is 0 Å². The minimum atomic E-state index is -0.607. The highest BCUT2D eigenvalue weighted by Crippen LogP contribution is 2.29. The van der Waals surface area contributed by atoms with E-state index in [9.17, 15) is 9.18 Å². The van der Waals surface area contributed by atoms with E-state index in [1.807, 2.05) is 0 Å². The third kappa shape index (κ3) is 3.18. The maximum Gasteiger partial charge on any atom is 0.361 e. The number of carbonyl (C=O) groups excluding carboxylic acids is 1. The standard InChI is InChI=1S/C18H17FN4O3/c1-4-9-26-18(24)16-11(2)23-17(21-20-16)15(14(22-23)10-25-3)12-5-7-13(19)8-6-12/h4-8H,1,9-10H2,2-3H3. The minimum absolute atomic E-state index is 0.0662. The van der Waals surface area contributed by atoms with Crippen molar-refractivity contribution >= 4 is 11.6 Å². The Morgan fingerprint density at radius 2 is 2.04 bits per heavy atom. The van der Waals surface area contributed by atoms with Crippen LogP contribution in [0.2, 0.25) is 0 Å². The Labute approximate surface area is 149 Å². The Morgan fingerprint density at radius 1 is 1.31 bits per heavy atom. The number of nitrogens with zero attached hydrogens (tertiary/aromatic N) is 4. The summed E-state index contributed by atoms with van der Waals surface area (Å²) in [5.74, 6) is -0.947. The molecule has 0 spiro atoms. The number of aryl methyl sites for hydroxylation is 1. The smallest absolute Gasteiger partial charge is 0.361 e. The monoisotopic (exact) mass is 356 g/mol. The largest absolute Gasteiger partial charge is 0.457 e. The summed E-state index contributed by atoms with van der Waals surface area (Å²) in [6.45, 7) is 5.51. The van der Waals surface area contributed by atoms with Crippen LogP contribution in [0.3, 0.4) is 0 Å². The van der Waals surface area contributed by atoms with E-state index in [1.54, 1.807) is 26.2 Å². The molecule has 0 aliphatic rings. The van der Waals surface area contributed by atoms with Crippen LogP contribution in [0.4, 0.5) is 4.39 Å². The molecule has 2 aromatic heterocycles. The fraction of sp³-hybridized carbons (Fsp3) is 0.222. The van der Waals surface area contributed by atoms with Crippen molar-refractivity contribution in [3.05, 3.63) is 59.8 Å². The molecule has 134 valence electrons. The summed E-state index contributed by atoms with van der Waals surface area (Å²) in [6.07, 6.45) is 1.47. The first-order valence-electron chi connectivity index (χ1n) is 7.84. The van der Waals surface area contributed by atoms with Gasteiger partial charge in [0, 0.05) is 7.11 Å². The van der Waals surface area contributed by atoms with Crippen molar-refractivity contribution in [1.29, 1.82) is 0 Å². The van der Waals surface area contributed by atoms with E-state index < -0.39 is 5.97 Å². The molecule has 0 aliphatic heterocycles. The number of hydrogen-bond acceptors (Lipinski definition) is 6. The van der Waals surface area contributed by atoms with Crippen LogP contribution in [-0.4, -0.2) is 39.5 Å². The summed E-state index contributed by atoms with van der Waals surface area (Å²) in [7, 11) is 1.55. The number of hydrogen-bond donors (Lipinski definition) is 0. The highest BCUT2D eigenvalue weighted by atomic mass is 19.1. The molecule has 3 aromatic rings. The van der Waals surface area contributed by atoms with Crippen LogP contribution in [0.5, 0.6) is 0 Å². The van der Waals surface area contributed by atoms with Crippen molar-refractivity contribution in [1.82, 2.24) is 19.8 Å². The average Bonchev–Trinajstić information content (AvgIpc) is 3.00. The molecule has 0 aliphatic carbocycles. The molecule has 1 aromatic carbocycles. The second-order valence-electron chi connectivity index (χ2n) is 5.52. The van der Waals surface area contributed by atoms with E-state index in [0.717, 1.165) is 5.56 Å². The van der Waals surface area contributed by atoms with Gasteiger partial charge in [0.25, 0.3) is 0 Å². The number of benzene rings is 1. The molecule has 0 saturated heterocycles. The maximum atomic E-state index is 13.3. The van der Waals surface area contributed by atoms with Gasteiger partial charge in [0.15, 0.2) is 11.3 Å². The molecule has 0 fully saturated rings. The lowest BCUT2D eigenvalue weighted by atomic mass is 10.1. The first-order valence-corrected chi connectivity index (χ1v) is 7.84. The van der Waals surface area contributed by atoms with Gasteiger partial charge in [0.2, 0.25) is 0 Å². The molecular formula is C18H17FN4O3. The number of aromatic nitrogens is 4. The normalized spacial score (nSPS) is 10.9. The molecule has 0 N–H and O–H groups in total. The van der Waals surface area contributed by atoms with Gasteiger partial charge in [-0.3, -0.25) is 0 Å². The molecular weight excluding hydrogens is 339 g/mol. The zero-order valence-electron chi connectivity index (χ0n) is 14.4. The Balaban J connectivity index is 2.17. The van der Waals surface area contributed by atoms with Gasteiger partial charge in [-0.25, -0.2) is 13.7 Å². The van der Waals surface area contributed by atoms with Crippen molar-refractivity contribution in [2.24, 2.45) is 0 Å². The fourth-order valence-electron chi connectivity index (χ4n) is 2.59. The lowest BCUT2D eigenvalue weighted by Crippen LogP contribution is -2.14. The van der Waals surface area contributed by atoms with Crippen molar-refractivity contribution in [3.8, 4) is 11.1 Å². The number of esters is 1. The third-order valence-electron chi connectivity index (χ3n) is 3.78. The minimum Gasteiger partial charge on any atom is -0.457 e. The van der Waals surface area contributed by atoms with Crippen LogP contribution >= 0.6 is 0 Å². The molecule has 26 heavy (non-hydrogen) atoms. The Hall–Kier alpha value is -3.13. The molecule has 0 radical (unpaired) electrons. The van der Waals surface area contributed by atoms with Gasteiger partial charge in [-0.05, 0) is 24.6 Å². The molecule has 2 heterocycles. The van der Waals surface area contributed by atoms with E-state index in [-0.39, 0.29) is 24.7 Å². The first-order chi connectivity index (χ1) is 12.6. The van der Waals surface area contributed by atoms with E-state index in [1.165, 1.54) is 22.7 Å². The molecule has 8 heteroatoms. The summed E-state index contributed by atoms with van der Waals surface area (Å²) >= 11 is 0. The third-order valence-corrected chi connectivity index (χ3v) is 3.78. The van der Waals surface area contributed by atoms with Crippen molar-refractivity contribution in [2.45, 2.75) is 13.5 Å². The van der Waals surface area contributed by atoms with Crippen LogP contribution in [0, 0.1) is 12.7 Å². The van der Waals surface area contributed by atoms with Gasteiger partial charge in [-0.1, -0.05) is 24.8 Å².